The number of carbonyl (C=O) groups is 2. The van der Waals surface area contributed by atoms with Gasteiger partial charge in [0.2, 0.25) is 0 Å². The lowest BCUT2D eigenvalue weighted by molar-refractivity contribution is -0.109. The van der Waals surface area contributed by atoms with Gasteiger partial charge in [0.25, 0.3) is 10.0 Å². The number of thioether (sulfide) groups is 1. The monoisotopic (exact) mass is 479 g/mol. The van der Waals surface area contributed by atoms with Gasteiger partial charge in [-0.1, -0.05) is 11.8 Å². The summed E-state index contributed by atoms with van der Waals surface area (Å²) in [6.07, 6.45) is 4.41. The van der Waals surface area contributed by atoms with Gasteiger partial charge < -0.3 is 9.64 Å². The summed E-state index contributed by atoms with van der Waals surface area (Å²) in [7, 11) is 0.262. The van der Waals surface area contributed by atoms with Crippen LogP contribution in [-0.2, 0) is 14.8 Å². The molecule has 10 heteroatoms. The van der Waals surface area contributed by atoms with Crippen LogP contribution in [0.2, 0.25) is 0 Å². The number of sulfonamides is 1. The highest BCUT2D eigenvalue weighted by Crippen LogP contribution is 2.19. The van der Waals surface area contributed by atoms with Gasteiger partial charge in [-0.05, 0) is 76.3 Å². The molecule has 32 heavy (non-hydrogen) atoms. The normalized spacial score (nSPS) is 11.4. The van der Waals surface area contributed by atoms with E-state index in [-0.39, 0.29) is 27.4 Å². The smallest absolute Gasteiger partial charge is 0.263 e. The minimum Gasteiger partial charge on any atom is -0.494 e. The predicted molar refractivity (Wildman–Crippen MR) is 127 cm³/mol. The lowest BCUT2D eigenvalue weighted by Crippen LogP contribution is -2.14. The molecule has 2 rings (SSSR count). The highest BCUT2D eigenvalue weighted by atomic mass is 32.2. The Morgan fingerprint density at radius 2 is 1.78 bits per heavy atom. The molecule has 0 saturated carbocycles. The topological polar surface area (TPSA) is 106 Å². The summed E-state index contributed by atoms with van der Waals surface area (Å²) in [5.74, 6) is 0.479. The molecule has 0 fully saturated rings. The fourth-order valence-corrected chi connectivity index (χ4v) is 4.19. The van der Waals surface area contributed by atoms with E-state index in [1.165, 1.54) is 37.4 Å². The number of unbranched alkanes of at least 4 members (excludes halogenated alkanes) is 2. The van der Waals surface area contributed by atoms with Crippen LogP contribution in [0.25, 0.3) is 0 Å². The number of ether oxygens (including phenoxy) is 1. The summed E-state index contributed by atoms with van der Waals surface area (Å²) in [5.41, 5.74) is 0.310. The Morgan fingerprint density at radius 3 is 2.38 bits per heavy atom. The van der Waals surface area contributed by atoms with E-state index in [1.54, 1.807) is 12.1 Å². The Hall–Kier alpha value is -2.43. The van der Waals surface area contributed by atoms with Crippen molar-refractivity contribution in [3.8, 4) is 5.75 Å². The largest absolute Gasteiger partial charge is 0.494 e. The molecule has 1 heterocycles. The number of pyridine rings is 1. The van der Waals surface area contributed by atoms with Gasteiger partial charge in [-0.2, -0.15) is 0 Å². The summed E-state index contributed by atoms with van der Waals surface area (Å²) in [6.45, 7) is 3.02. The van der Waals surface area contributed by atoms with Crippen LogP contribution in [-0.4, -0.2) is 62.2 Å². The van der Waals surface area contributed by atoms with Crippen molar-refractivity contribution in [1.29, 1.82) is 0 Å². The fourth-order valence-electron chi connectivity index (χ4n) is 2.68. The molecule has 0 radical (unpaired) electrons. The number of hydrogen-bond acceptors (Lipinski definition) is 8. The van der Waals surface area contributed by atoms with E-state index in [1.807, 2.05) is 14.1 Å². The SMILES string of the molecule is CC(=O)SCC(=O)c1ccc(NS(=O)(=O)c2ccc(OCCCCCN(C)C)cc2)nc1. The van der Waals surface area contributed by atoms with Crippen molar-refractivity contribution in [2.75, 3.05) is 37.7 Å². The lowest BCUT2D eigenvalue weighted by atomic mass is 10.2. The zero-order valence-electron chi connectivity index (χ0n) is 18.5. The summed E-state index contributed by atoms with van der Waals surface area (Å²) < 4.78 is 33.3. The molecule has 2 aromatic rings. The van der Waals surface area contributed by atoms with E-state index in [0.29, 0.717) is 17.9 Å². The first-order valence-electron chi connectivity index (χ1n) is 10.2. The minimum atomic E-state index is -3.83. The molecule has 1 aromatic carbocycles. The molecule has 0 amide bonds. The van der Waals surface area contributed by atoms with Gasteiger partial charge in [-0.3, -0.25) is 14.3 Å². The predicted octanol–water partition coefficient (Wildman–Crippen LogP) is 3.46. The quantitative estimate of drug-likeness (QED) is 0.344. The summed E-state index contributed by atoms with van der Waals surface area (Å²) in [4.78, 5) is 29.2. The molecule has 0 atom stereocenters. The molecule has 0 saturated heterocycles. The second kappa shape index (κ2) is 12.6. The Kier molecular flexibility index (Phi) is 10.1. The van der Waals surface area contributed by atoms with Crippen molar-refractivity contribution in [2.24, 2.45) is 0 Å². The van der Waals surface area contributed by atoms with Gasteiger partial charge in [0.05, 0.1) is 17.3 Å². The van der Waals surface area contributed by atoms with Crippen LogP contribution < -0.4 is 9.46 Å². The van der Waals surface area contributed by atoms with Gasteiger partial charge in [0.15, 0.2) is 10.9 Å². The van der Waals surface area contributed by atoms with E-state index < -0.39 is 10.0 Å². The number of aromatic nitrogens is 1. The summed E-state index contributed by atoms with van der Waals surface area (Å²) in [6, 6.07) is 9.08. The number of nitrogens with one attached hydrogen (secondary N) is 1. The molecule has 1 aromatic heterocycles. The van der Waals surface area contributed by atoms with E-state index >= 15 is 0 Å². The van der Waals surface area contributed by atoms with Crippen LogP contribution in [0.5, 0.6) is 5.75 Å². The van der Waals surface area contributed by atoms with Gasteiger partial charge in [-0.25, -0.2) is 13.4 Å². The van der Waals surface area contributed by atoms with Crippen LogP contribution in [0.4, 0.5) is 5.82 Å². The van der Waals surface area contributed by atoms with E-state index in [9.17, 15) is 18.0 Å². The molecule has 0 spiro atoms. The van der Waals surface area contributed by atoms with Gasteiger partial charge in [-0.15, -0.1) is 0 Å². The van der Waals surface area contributed by atoms with Crippen LogP contribution in [0.1, 0.15) is 36.5 Å². The standard InChI is InChI=1S/C22H29N3O5S2/c1-17(26)31-16-21(27)18-7-12-22(23-15-18)24-32(28,29)20-10-8-19(9-11-20)30-14-6-4-5-13-25(2)3/h7-12,15H,4-6,13-14,16H2,1-3H3,(H,23,24). The minimum absolute atomic E-state index is 0.0204. The number of hydrogen-bond donors (Lipinski definition) is 1. The van der Waals surface area contributed by atoms with Gasteiger partial charge >= 0.3 is 0 Å². The molecule has 0 aliphatic rings. The van der Waals surface area contributed by atoms with Crippen molar-refractivity contribution in [3.63, 3.8) is 0 Å². The Balaban J connectivity index is 1.87. The first-order valence-corrected chi connectivity index (χ1v) is 12.7. The van der Waals surface area contributed by atoms with E-state index in [0.717, 1.165) is 37.6 Å². The average Bonchev–Trinajstić information content (AvgIpc) is 2.75. The van der Waals surface area contributed by atoms with Crippen LogP contribution in [0.15, 0.2) is 47.5 Å². The Morgan fingerprint density at radius 1 is 1.06 bits per heavy atom. The molecular weight excluding hydrogens is 450 g/mol. The molecule has 174 valence electrons. The van der Waals surface area contributed by atoms with Gasteiger partial charge in [0.1, 0.15) is 11.6 Å². The third kappa shape index (κ3) is 8.97. The zero-order chi connectivity index (χ0) is 23.6. The van der Waals surface area contributed by atoms with Crippen molar-refractivity contribution in [2.45, 2.75) is 31.1 Å². The van der Waals surface area contributed by atoms with Crippen molar-refractivity contribution in [3.05, 3.63) is 48.2 Å². The van der Waals surface area contributed by atoms with Crippen LogP contribution >= 0.6 is 11.8 Å². The second-order valence-electron chi connectivity index (χ2n) is 7.42. The van der Waals surface area contributed by atoms with Gasteiger partial charge in [0, 0.05) is 18.7 Å². The zero-order valence-corrected chi connectivity index (χ0v) is 20.2. The number of benzene rings is 1. The van der Waals surface area contributed by atoms with Crippen molar-refractivity contribution < 1.29 is 22.7 Å². The third-order valence-electron chi connectivity index (χ3n) is 4.38. The van der Waals surface area contributed by atoms with E-state index in [4.69, 9.17) is 4.74 Å². The molecule has 0 bridgehead atoms. The maximum Gasteiger partial charge on any atom is 0.263 e. The number of anilines is 1. The highest BCUT2D eigenvalue weighted by Gasteiger charge is 2.16. The average molecular weight is 480 g/mol. The number of rotatable bonds is 13. The highest BCUT2D eigenvalue weighted by molar-refractivity contribution is 8.14. The summed E-state index contributed by atoms with van der Waals surface area (Å²) in [5, 5.41) is -0.146. The lowest BCUT2D eigenvalue weighted by Gasteiger charge is -2.10. The fraction of sp³-hybridized carbons (Fsp3) is 0.409. The maximum atomic E-state index is 12.6. The van der Waals surface area contributed by atoms with Crippen molar-refractivity contribution in [1.82, 2.24) is 9.88 Å². The number of carbonyl (C=O) groups excluding carboxylic acids is 2. The number of nitrogens with zero attached hydrogens (tertiary/aromatic N) is 2. The number of ketones is 1. The van der Waals surface area contributed by atoms with E-state index in [2.05, 4.69) is 14.6 Å². The summed E-state index contributed by atoms with van der Waals surface area (Å²) >= 11 is 0.916. The Bertz CT molecular complexity index is 991. The third-order valence-corrected chi connectivity index (χ3v) is 6.57. The second-order valence-corrected chi connectivity index (χ2v) is 10.3. The first kappa shape index (κ1) is 25.8. The molecule has 0 aliphatic heterocycles. The Labute approximate surface area is 193 Å². The molecule has 0 aliphatic carbocycles. The number of Topliss-reactive ketones (excluding diaryl/α,β-unsaturated/α-hetero) is 1. The van der Waals surface area contributed by atoms with Crippen molar-refractivity contribution >= 4 is 38.5 Å². The molecular formula is C22H29N3O5S2. The maximum absolute atomic E-state index is 12.6. The molecule has 8 nitrogen and oxygen atoms in total. The van der Waals surface area contributed by atoms with Crippen LogP contribution in [0.3, 0.4) is 0 Å². The molecule has 1 N–H and O–H groups in total. The van der Waals surface area contributed by atoms with Crippen LogP contribution in [0, 0.1) is 0 Å². The first-order chi connectivity index (χ1) is 15.2. The molecule has 0 unspecified atom stereocenters.